The van der Waals surface area contributed by atoms with Gasteiger partial charge in [-0.25, -0.2) is 0 Å². The number of nitro groups is 1. The summed E-state index contributed by atoms with van der Waals surface area (Å²) in [6.07, 6.45) is 2.36. The molecular weight excluding hydrogens is 300 g/mol. The first-order valence-electron chi connectivity index (χ1n) is 7.66. The number of carboxylic acids is 1. The lowest BCUT2D eigenvalue weighted by Crippen LogP contribution is -2.36. The van der Waals surface area contributed by atoms with Crippen molar-refractivity contribution in [3.63, 3.8) is 0 Å². The number of amides is 1. The number of hydrogen-bond donors (Lipinski definition) is 2. The molecule has 1 amide bonds. The lowest BCUT2D eigenvalue weighted by atomic mass is 9.81. The van der Waals surface area contributed by atoms with Crippen LogP contribution in [-0.4, -0.2) is 21.9 Å². The Morgan fingerprint density at radius 2 is 2.04 bits per heavy atom. The molecule has 0 heterocycles. The number of nitrogens with zero attached hydrogens (tertiary/aromatic N) is 1. The van der Waals surface area contributed by atoms with Crippen LogP contribution in [-0.2, 0) is 9.59 Å². The summed E-state index contributed by atoms with van der Waals surface area (Å²) in [4.78, 5) is 33.7. The minimum absolute atomic E-state index is 0.0211. The second-order valence-corrected chi connectivity index (χ2v) is 5.98. The molecule has 3 unspecified atom stereocenters. The molecule has 1 fully saturated rings. The van der Waals surface area contributed by atoms with E-state index in [0.29, 0.717) is 24.8 Å². The molecule has 1 aromatic carbocycles. The summed E-state index contributed by atoms with van der Waals surface area (Å²) in [5.74, 6) is -1.82. The van der Waals surface area contributed by atoms with Gasteiger partial charge in [0, 0.05) is 18.1 Å². The Hall–Kier alpha value is -2.44. The molecule has 0 bridgehead atoms. The molecular formula is C16H20N2O5. The summed E-state index contributed by atoms with van der Waals surface area (Å²) in [5, 5.41) is 22.7. The number of nitrogens with one attached hydrogen (secondary N) is 1. The summed E-state index contributed by atoms with van der Waals surface area (Å²) < 4.78 is 0. The van der Waals surface area contributed by atoms with Crippen LogP contribution in [0.5, 0.6) is 0 Å². The fourth-order valence-corrected chi connectivity index (χ4v) is 2.97. The molecule has 1 aliphatic carbocycles. The number of nitro benzene ring substituents is 1. The highest BCUT2D eigenvalue weighted by molar-refractivity contribution is 5.80. The Bertz CT molecular complexity index is 616. The molecule has 1 aromatic rings. The van der Waals surface area contributed by atoms with Gasteiger partial charge in [-0.15, -0.1) is 0 Å². The third-order valence-electron chi connectivity index (χ3n) is 4.33. The van der Waals surface area contributed by atoms with Crippen LogP contribution in [0.4, 0.5) is 5.69 Å². The molecule has 0 radical (unpaired) electrons. The second-order valence-electron chi connectivity index (χ2n) is 5.98. The number of rotatable bonds is 5. The highest BCUT2D eigenvalue weighted by Crippen LogP contribution is 2.30. The van der Waals surface area contributed by atoms with Gasteiger partial charge in [0.05, 0.1) is 16.9 Å². The molecule has 0 spiro atoms. The summed E-state index contributed by atoms with van der Waals surface area (Å²) in [7, 11) is 0. The number of carbonyl (C=O) groups excluding carboxylic acids is 1. The molecule has 0 saturated heterocycles. The van der Waals surface area contributed by atoms with E-state index in [1.54, 1.807) is 19.1 Å². The van der Waals surface area contributed by atoms with Crippen LogP contribution >= 0.6 is 0 Å². The van der Waals surface area contributed by atoms with Crippen LogP contribution in [0.15, 0.2) is 24.3 Å². The number of carbonyl (C=O) groups is 2. The SMILES string of the molecule is CC(NC(=O)C1CCCC(C(=O)O)C1)c1cccc([N+](=O)[O-])c1. The molecule has 7 heteroatoms. The molecule has 0 aliphatic heterocycles. The highest BCUT2D eigenvalue weighted by Gasteiger charge is 2.31. The van der Waals surface area contributed by atoms with Crippen molar-refractivity contribution < 1.29 is 19.6 Å². The molecule has 2 N–H and O–H groups in total. The van der Waals surface area contributed by atoms with Crippen LogP contribution in [0.25, 0.3) is 0 Å². The number of carboxylic acid groups (broad SMARTS) is 1. The number of non-ortho nitro benzene ring substituents is 1. The Balaban J connectivity index is 2.00. The van der Waals surface area contributed by atoms with Crippen molar-refractivity contribution in [2.75, 3.05) is 0 Å². The lowest BCUT2D eigenvalue weighted by molar-refractivity contribution is -0.384. The first-order valence-corrected chi connectivity index (χ1v) is 7.66. The molecule has 1 aliphatic rings. The molecule has 1 saturated carbocycles. The molecule has 2 rings (SSSR count). The monoisotopic (exact) mass is 320 g/mol. The third-order valence-corrected chi connectivity index (χ3v) is 4.33. The Labute approximate surface area is 133 Å². The summed E-state index contributed by atoms with van der Waals surface area (Å²) in [6.45, 7) is 1.76. The number of aliphatic carboxylic acids is 1. The van der Waals surface area contributed by atoms with Gasteiger partial charge in [0.15, 0.2) is 0 Å². The van der Waals surface area contributed by atoms with Gasteiger partial charge in [-0.1, -0.05) is 18.6 Å². The van der Waals surface area contributed by atoms with Gasteiger partial charge in [-0.05, 0) is 31.7 Å². The fraction of sp³-hybridized carbons (Fsp3) is 0.500. The second kappa shape index (κ2) is 7.21. The standard InChI is InChI=1S/C16H20N2O5/c1-10(11-4-3-7-14(9-11)18(22)23)17-15(19)12-5-2-6-13(8-12)16(20)21/h3-4,7,9-10,12-13H,2,5-6,8H2,1H3,(H,17,19)(H,20,21). The van der Waals surface area contributed by atoms with Crippen LogP contribution in [0.1, 0.15) is 44.2 Å². The Morgan fingerprint density at radius 1 is 1.35 bits per heavy atom. The minimum Gasteiger partial charge on any atom is -0.481 e. The van der Waals surface area contributed by atoms with E-state index in [0.717, 1.165) is 6.42 Å². The average Bonchev–Trinajstić information content (AvgIpc) is 2.54. The molecule has 7 nitrogen and oxygen atoms in total. The molecule has 3 atom stereocenters. The van der Waals surface area contributed by atoms with E-state index in [2.05, 4.69) is 5.32 Å². The van der Waals surface area contributed by atoms with Crippen molar-refractivity contribution in [3.05, 3.63) is 39.9 Å². The van der Waals surface area contributed by atoms with Crippen LogP contribution in [0.3, 0.4) is 0 Å². The largest absolute Gasteiger partial charge is 0.481 e. The summed E-state index contributed by atoms with van der Waals surface area (Å²) >= 11 is 0. The lowest BCUT2D eigenvalue weighted by Gasteiger charge is -2.27. The Morgan fingerprint density at radius 3 is 2.70 bits per heavy atom. The predicted octanol–water partition coefficient (Wildman–Crippen LogP) is 2.66. The van der Waals surface area contributed by atoms with Crippen molar-refractivity contribution in [2.45, 2.75) is 38.6 Å². The van der Waals surface area contributed by atoms with Gasteiger partial charge in [0.2, 0.25) is 5.91 Å². The van der Waals surface area contributed by atoms with Crippen molar-refractivity contribution in [1.29, 1.82) is 0 Å². The van der Waals surface area contributed by atoms with Gasteiger partial charge >= 0.3 is 5.97 Å². The maximum absolute atomic E-state index is 12.3. The zero-order valence-electron chi connectivity index (χ0n) is 12.9. The van der Waals surface area contributed by atoms with Crippen molar-refractivity contribution in [1.82, 2.24) is 5.32 Å². The van der Waals surface area contributed by atoms with Gasteiger partial charge < -0.3 is 10.4 Å². The summed E-state index contributed by atoms with van der Waals surface area (Å²) in [5.41, 5.74) is 0.630. The predicted molar refractivity (Wildman–Crippen MR) is 82.7 cm³/mol. The van der Waals surface area contributed by atoms with Crippen molar-refractivity contribution in [3.8, 4) is 0 Å². The number of benzene rings is 1. The average molecular weight is 320 g/mol. The maximum atomic E-state index is 12.3. The molecule has 23 heavy (non-hydrogen) atoms. The van der Waals surface area contributed by atoms with E-state index in [1.165, 1.54) is 12.1 Å². The van der Waals surface area contributed by atoms with Gasteiger partial charge in [-0.2, -0.15) is 0 Å². The summed E-state index contributed by atoms with van der Waals surface area (Å²) in [6, 6.07) is 5.77. The topological polar surface area (TPSA) is 110 Å². The van der Waals surface area contributed by atoms with E-state index in [4.69, 9.17) is 5.11 Å². The van der Waals surface area contributed by atoms with E-state index in [-0.39, 0.29) is 23.6 Å². The van der Waals surface area contributed by atoms with E-state index >= 15 is 0 Å². The minimum atomic E-state index is -0.853. The first kappa shape index (κ1) is 16.9. The smallest absolute Gasteiger partial charge is 0.306 e. The maximum Gasteiger partial charge on any atom is 0.306 e. The van der Waals surface area contributed by atoms with Crippen LogP contribution < -0.4 is 5.32 Å². The van der Waals surface area contributed by atoms with Gasteiger partial charge in [-0.3, -0.25) is 19.7 Å². The Kier molecular flexibility index (Phi) is 5.31. The highest BCUT2D eigenvalue weighted by atomic mass is 16.6. The van der Waals surface area contributed by atoms with Crippen LogP contribution in [0.2, 0.25) is 0 Å². The molecule has 124 valence electrons. The third kappa shape index (κ3) is 4.28. The van der Waals surface area contributed by atoms with Crippen molar-refractivity contribution >= 4 is 17.6 Å². The first-order chi connectivity index (χ1) is 10.9. The molecule has 0 aromatic heterocycles. The van der Waals surface area contributed by atoms with E-state index in [1.807, 2.05) is 0 Å². The van der Waals surface area contributed by atoms with Crippen LogP contribution in [0, 0.1) is 22.0 Å². The van der Waals surface area contributed by atoms with E-state index < -0.39 is 16.8 Å². The van der Waals surface area contributed by atoms with Gasteiger partial charge in [0.1, 0.15) is 0 Å². The fourth-order valence-electron chi connectivity index (χ4n) is 2.97. The van der Waals surface area contributed by atoms with E-state index in [9.17, 15) is 19.7 Å². The van der Waals surface area contributed by atoms with Crippen molar-refractivity contribution in [2.24, 2.45) is 11.8 Å². The zero-order valence-corrected chi connectivity index (χ0v) is 12.9. The normalized spacial score (nSPS) is 22.1. The number of hydrogen-bond acceptors (Lipinski definition) is 4. The zero-order chi connectivity index (χ0) is 17.0. The quantitative estimate of drug-likeness (QED) is 0.640. The van der Waals surface area contributed by atoms with Gasteiger partial charge in [0.25, 0.3) is 5.69 Å².